The van der Waals surface area contributed by atoms with Crippen LogP contribution in [-0.2, 0) is 21.4 Å². The highest BCUT2D eigenvalue weighted by molar-refractivity contribution is 7.98. The maximum atomic E-state index is 13.6. The predicted octanol–water partition coefficient (Wildman–Crippen LogP) is 3.71. The first kappa shape index (κ1) is 23.6. The van der Waals surface area contributed by atoms with Crippen LogP contribution in [0.3, 0.4) is 0 Å². The Morgan fingerprint density at radius 2 is 1.78 bits per heavy atom. The van der Waals surface area contributed by atoms with Gasteiger partial charge in [-0.2, -0.15) is 0 Å². The fourth-order valence-corrected chi connectivity index (χ4v) is 4.83. The molecule has 9 heteroatoms. The Morgan fingerprint density at radius 1 is 1.06 bits per heavy atom. The highest BCUT2D eigenvalue weighted by Gasteiger charge is 2.29. The lowest BCUT2D eigenvalue weighted by Gasteiger charge is -2.26. The summed E-state index contributed by atoms with van der Waals surface area (Å²) in [7, 11) is -4.03. The van der Waals surface area contributed by atoms with Gasteiger partial charge in [-0.3, -0.25) is 14.1 Å². The van der Waals surface area contributed by atoms with Crippen LogP contribution >= 0.6 is 11.8 Å². The van der Waals surface area contributed by atoms with Gasteiger partial charge in [-0.25, -0.2) is 8.42 Å². The number of aromatic nitrogens is 1. The number of hydrogen-bond acceptors (Lipinski definition) is 6. The molecule has 0 aliphatic rings. The molecule has 0 saturated carbocycles. The van der Waals surface area contributed by atoms with E-state index in [4.69, 9.17) is 4.74 Å². The highest BCUT2D eigenvalue weighted by Crippen LogP contribution is 2.32. The summed E-state index contributed by atoms with van der Waals surface area (Å²) in [6.45, 7) is 1.97. The molecule has 0 aliphatic heterocycles. The monoisotopic (exact) mass is 471 g/mol. The number of benzene rings is 2. The SMILES string of the molecule is CCOc1ccccc1N(CC(=O)NCc1ccccn1)S(=O)(=O)c1ccc(SC)cc1. The first-order valence-corrected chi connectivity index (χ1v) is 12.7. The van der Waals surface area contributed by atoms with E-state index in [0.29, 0.717) is 23.7 Å². The molecule has 1 aromatic heterocycles. The lowest BCUT2D eigenvalue weighted by molar-refractivity contribution is -0.119. The van der Waals surface area contributed by atoms with Crippen molar-refractivity contribution in [3.05, 3.63) is 78.6 Å². The quantitative estimate of drug-likeness (QED) is 0.454. The number of anilines is 1. The number of thioether (sulfide) groups is 1. The second-order valence-corrected chi connectivity index (χ2v) is 9.43. The Balaban J connectivity index is 1.93. The summed E-state index contributed by atoms with van der Waals surface area (Å²) in [6, 6.07) is 18.7. The largest absolute Gasteiger partial charge is 0.492 e. The maximum absolute atomic E-state index is 13.6. The standard InChI is InChI=1S/C23H25N3O4S2/c1-3-30-22-10-5-4-9-21(22)26(17-23(27)25-16-18-8-6-7-15-24-18)32(28,29)20-13-11-19(31-2)12-14-20/h4-15H,3,16-17H2,1-2H3,(H,25,27). The fourth-order valence-electron chi connectivity index (χ4n) is 2.99. The van der Waals surface area contributed by atoms with E-state index >= 15 is 0 Å². The zero-order chi connectivity index (χ0) is 23.0. The van der Waals surface area contributed by atoms with Gasteiger partial charge in [0.15, 0.2) is 0 Å². The van der Waals surface area contributed by atoms with Gasteiger partial charge >= 0.3 is 0 Å². The number of ether oxygens (including phenoxy) is 1. The fraction of sp³-hybridized carbons (Fsp3) is 0.217. The first-order chi connectivity index (χ1) is 15.5. The average Bonchev–Trinajstić information content (AvgIpc) is 2.82. The molecule has 2 aromatic carbocycles. The van der Waals surface area contributed by atoms with Gasteiger partial charge in [0.25, 0.3) is 10.0 Å². The number of para-hydroxylation sites is 2. The molecule has 0 atom stereocenters. The number of hydrogen-bond donors (Lipinski definition) is 1. The van der Waals surface area contributed by atoms with Crippen molar-refractivity contribution in [1.29, 1.82) is 0 Å². The molecule has 1 N–H and O–H groups in total. The second-order valence-electron chi connectivity index (χ2n) is 6.69. The lowest BCUT2D eigenvalue weighted by Crippen LogP contribution is -2.41. The van der Waals surface area contributed by atoms with Crippen molar-refractivity contribution in [1.82, 2.24) is 10.3 Å². The molecule has 0 aliphatic carbocycles. The van der Waals surface area contributed by atoms with Crippen LogP contribution in [-0.4, -0.2) is 38.7 Å². The normalized spacial score (nSPS) is 11.1. The number of carbonyl (C=O) groups is 1. The van der Waals surface area contributed by atoms with Gasteiger partial charge in [-0.05, 0) is 61.7 Å². The van der Waals surface area contributed by atoms with Gasteiger partial charge in [0.05, 0.1) is 29.4 Å². The Hall–Kier alpha value is -3.04. The molecule has 7 nitrogen and oxygen atoms in total. The van der Waals surface area contributed by atoms with E-state index in [-0.39, 0.29) is 11.4 Å². The number of nitrogens with one attached hydrogen (secondary N) is 1. The average molecular weight is 472 g/mol. The Labute approximate surface area is 192 Å². The van der Waals surface area contributed by atoms with E-state index in [0.717, 1.165) is 9.20 Å². The van der Waals surface area contributed by atoms with E-state index in [1.54, 1.807) is 66.9 Å². The van der Waals surface area contributed by atoms with Crippen LogP contribution in [0, 0.1) is 0 Å². The van der Waals surface area contributed by atoms with Crippen molar-refractivity contribution in [2.75, 3.05) is 23.7 Å². The molecule has 32 heavy (non-hydrogen) atoms. The van der Waals surface area contributed by atoms with Crippen LogP contribution < -0.4 is 14.4 Å². The van der Waals surface area contributed by atoms with Crippen LogP contribution in [0.1, 0.15) is 12.6 Å². The zero-order valence-corrected chi connectivity index (χ0v) is 19.5. The minimum absolute atomic E-state index is 0.0964. The maximum Gasteiger partial charge on any atom is 0.264 e. The summed E-state index contributed by atoms with van der Waals surface area (Å²) in [5.74, 6) is -0.0666. The Bertz CT molecular complexity index is 1140. The van der Waals surface area contributed by atoms with Crippen molar-refractivity contribution >= 4 is 33.4 Å². The minimum atomic E-state index is -4.03. The number of amides is 1. The van der Waals surface area contributed by atoms with Crippen molar-refractivity contribution < 1.29 is 17.9 Å². The summed E-state index contributed by atoms with van der Waals surface area (Å²) in [6.07, 6.45) is 3.55. The van der Waals surface area contributed by atoms with Crippen LogP contribution in [0.25, 0.3) is 0 Å². The molecular formula is C23H25N3O4S2. The minimum Gasteiger partial charge on any atom is -0.492 e. The van der Waals surface area contributed by atoms with Crippen molar-refractivity contribution in [3.8, 4) is 5.75 Å². The first-order valence-electron chi connectivity index (χ1n) is 10.0. The van der Waals surface area contributed by atoms with Crippen molar-refractivity contribution in [2.45, 2.75) is 23.3 Å². The molecule has 0 unspecified atom stereocenters. The number of sulfonamides is 1. The van der Waals surface area contributed by atoms with E-state index in [1.165, 1.54) is 11.8 Å². The molecule has 0 radical (unpaired) electrons. The molecule has 1 heterocycles. The van der Waals surface area contributed by atoms with E-state index in [9.17, 15) is 13.2 Å². The number of carbonyl (C=O) groups excluding carboxylic acids is 1. The number of rotatable bonds is 10. The van der Waals surface area contributed by atoms with E-state index in [2.05, 4.69) is 10.3 Å². The molecule has 3 aromatic rings. The van der Waals surface area contributed by atoms with Gasteiger partial charge in [-0.15, -0.1) is 11.8 Å². The van der Waals surface area contributed by atoms with Crippen molar-refractivity contribution in [3.63, 3.8) is 0 Å². The third-order valence-electron chi connectivity index (χ3n) is 4.56. The molecular weight excluding hydrogens is 446 g/mol. The molecule has 3 rings (SSSR count). The molecule has 0 fully saturated rings. The predicted molar refractivity (Wildman–Crippen MR) is 126 cm³/mol. The summed E-state index contributed by atoms with van der Waals surface area (Å²) in [5, 5.41) is 2.74. The summed E-state index contributed by atoms with van der Waals surface area (Å²) in [5.41, 5.74) is 0.980. The van der Waals surface area contributed by atoms with Crippen LogP contribution in [0.5, 0.6) is 5.75 Å². The summed E-state index contributed by atoms with van der Waals surface area (Å²) < 4.78 is 33.9. The third kappa shape index (κ3) is 5.80. The third-order valence-corrected chi connectivity index (χ3v) is 7.08. The molecule has 0 saturated heterocycles. The van der Waals surface area contributed by atoms with Gasteiger partial charge in [0.1, 0.15) is 12.3 Å². The van der Waals surface area contributed by atoms with Crippen LogP contribution in [0.4, 0.5) is 5.69 Å². The van der Waals surface area contributed by atoms with Crippen LogP contribution in [0.2, 0.25) is 0 Å². The highest BCUT2D eigenvalue weighted by atomic mass is 32.2. The summed E-state index contributed by atoms with van der Waals surface area (Å²) in [4.78, 5) is 18.0. The zero-order valence-electron chi connectivity index (χ0n) is 17.9. The van der Waals surface area contributed by atoms with Crippen LogP contribution in [0.15, 0.2) is 82.7 Å². The molecule has 0 spiro atoms. The van der Waals surface area contributed by atoms with Gasteiger partial charge < -0.3 is 10.1 Å². The van der Waals surface area contributed by atoms with E-state index < -0.39 is 22.5 Å². The smallest absolute Gasteiger partial charge is 0.264 e. The van der Waals surface area contributed by atoms with Gasteiger partial charge in [-0.1, -0.05) is 18.2 Å². The second kappa shape index (κ2) is 11.0. The Morgan fingerprint density at radius 3 is 2.44 bits per heavy atom. The number of nitrogens with zero attached hydrogens (tertiary/aromatic N) is 2. The Kier molecular flexibility index (Phi) is 8.13. The molecule has 0 bridgehead atoms. The van der Waals surface area contributed by atoms with Gasteiger partial charge in [0.2, 0.25) is 5.91 Å². The lowest BCUT2D eigenvalue weighted by atomic mass is 10.3. The summed E-state index contributed by atoms with van der Waals surface area (Å²) >= 11 is 1.52. The van der Waals surface area contributed by atoms with Gasteiger partial charge in [0, 0.05) is 11.1 Å². The molecule has 1 amide bonds. The van der Waals surface area contributed by atoms with E-state index in [1.807, 2.05) is 19.2 Å². The molecule has 168 valence electrons. The number of pyridine rings is 1. The topological polar surface area (TPSA) is 88.6 Å². The van der Waals surface area contributed by atoms with Crippen molar-refractivity contribution in [2.24, 2.45) is 0 Å².